The minimum Gasteiger partial charge on any atom is -0.508 e. The first kappa shape index (κ1) is 26.1. The number of rotatable bonds is 7. The predicted octanol–water partition coefficient (Wildman–Crippen LogP) is 4.59. The molecule has 35 heavy (non-hydrogen) atoms. The number of anilines is 1. The van der Waals surface area contributed by atoms with Crippen molar-refractivity contribution in [1.29, 1.82) is 0 Å². The monoisotopic (exact) mass is 481 g/mol. The molecule has 1 fully saturated rings. The highest BCUT2D eigenvalue weighted by molar-refractivity contribution is 6.00. The Morgan fingerprint density at radius 1 is 1.03 bits per heavy atom. The van der Waals surface area contributed by atoms with Gasteiger partial charge in [-0.25, -0.2) is 4.79 Å². The second-order valence-electron chi connectivity index (χ2n) is 10.1. The molecular weight excluding hydrogens is 446 g/mol. The number of hydrogen-bond donors (Lipinski definition) is 3. The number of para-hydroxylation sites is 1. The molecule has 188 valence electrons. The fraction of sp³-hybridized carbons (Fsp3) is 0.444. The number of carbonyl (C=O) groups excluding carboxylic acids is 3. The van der Waals surface area contributed by atoms with Gasteiger partial charge in [0.2, 0.25) is 5.91 Å². The number of aryl methyl sites for hydroxylation is 2. The Bertz CT molecular complexity index is 1070. The highest BCUT2D eigenvalue weighted by atomic mass is 16.6. The Hall–Kier alpha value is -3.55. The van der Waals surface area contributed by atoms with Gasteiger partial charge in [-0.15, -0.1) is 0 Å². The van der Waals surface area contributed by atoms with Gasteiger partial charge in [0.05, 0.1) is 0 Å². The van der Waals surface area contributed by atoms with Crippen molar-refractivity contribution < 1.29 is 24.2 Å². The zero-order chi connectivity index (χ0) is 25.9. The van der Waals surface area contributed by atoms with Crippen LogP contribution in [0, 0.1) is 13.8 Å². The molecular formula is C27H35N3O5. The first-order valence-corrected chi connectivity index (χ1v) is 11.8. The van der Waals surface area contributed by atoms with Crippen LogP contribution in [0.4, 0.5) is 10.5 Å². The summed E-state index contributed by atoms with van der Waals surface area (Å²) in [6.45, 7) is 10.6. The molecule has 0 aliphatic heterocycles. The van der Waals surface area contributed by atoms with Gasteiger partial charge in [-0.3, -0.25) is 9.59 Å². The summed E-state index contributed by atoms with van der Waals surface area (Å²) in [5, 5.41) is 15.4. The number of ether oxygens (including phenoxy) is 1. The lowest BCUT2D eigenvalue weighted by atomic mass is 10.0. The third kappa shape index (κ3) is 6.74. The molecule has 1 aliphatic carbocycles. The number of carbonyl (C=O) groups is 3. The number of nitrogens with one attached hydrogen (secondary N) is 2. The van der Waals surface area contributed by atoms with Crippen molar-refractivity contribution in [1.82, 2.24) is 10.2 Å². The molecule has 3 N–H and O–H groups in total. The van der Waals surface area contributed by atoms with Gasteiger partial charge in [-0.2, -0.15) is 0 Å². The number of aromatic hydroxyl groups is 1. The molecule has 3 rings (SSSR count). The second kappa shape index (κ2) is 10.4. The third-order valence-corrected chi connectivity index (χ3v) is 5.76. The van der Waals surface area contributed by atoms with Crippen molar-refractivity contribution >= 4 is 23.6 Å². The lowest BCUT2D eigenvalue weighted by Gasteiger charge is -2.34. The summed E-state index contributed by atoms with van der Waals surface area (Å²) in [5.74, 6) is -0.683. The predicted molar refractivity (Wildman–Crippen MR) is 134 cm³/mol. The van der Waals surface area contributed by atoms with E-state index in [-0.39, 0.29) is 23.6 Å². The lowest BCUT2D eigenvalue weighted by Crippen LogP contribution is -2.52. The van der Waals surface area contributed by atoms with E-state index >= 15 is 0 Å². The number of benzene rings is 2. The molecule has 1 saturated carbocycles. The zero-order valence-corrected chi connectivity index (χ0v) is 21.2. The normalized spacial score (nSPS) is 15.0. The molecule has 1 aliphatic rings. The quantitative estimate of drug-likeness (QED) is 0.536. The van der Waals surface area contributed by atoms with E-state index in [1.807, 2.05) is 32.0 Å². The number of alkyl carbamates (subject to hydrolysis) is 1. The Kier molecular flexibility index (Phi) is 7.73. The minimum absolute atomic E-state index is 0.0620. The summed E-state index contributed by atoms with van der Waals surface area (Å²) in [7, 11) is 0. The Morgan fingerprint density at radius 2 is 1.60 bits per heavy atom. The average Bonchev–Trinajstić information content (AvgIpc) is 3.58. The number of amides is 3. The van der Waals surface area contributed by atoms with Gasteiger partial charge in [0.25, 0.3) is 5.91 Å². The summed E-state index contributed by atoms with van der Waals surface area (Å²) in [5.41, 5.74) is 2.38. The summed E-state index contributed by atoms with van der Waals surface area (Å²) >= 11 is 0. The van der Waals surface area contributed by atoms with Gasteiger partial charge in [-0.1, -0.05) is 30.3 Å². The smallest absolute Gasteiger partial charge is 0.408 e. The van der Waals surface area contributed by atoms with Gasteiger partial charge in [-0.05, 0) is 83.2 Å². The van der Waals surface area contributed by atoms with Crippen molar-refractivity contribution in [3.05, 3.63) is 59.2 Å². The molecule has 2 atom stereocenters. The van der Waals surface area contributed by atoms with Crippen molar-refractivity contribution in [2.24, 2.45) is 0 Å². The number of nitrogens with zero attached hydrogens (tertiary/aromatic N) is 1. The highest BCUT2D eigenvalue weighted by Crippen LogP contribution is 2.37. The van der Waals surface area contributed by atoms with Crippen molar-refractivity contribution in [3.63, 3.8) is 0 Å². The molecule has 0 radical (unpaired) electrons. The third-order valence-electron chi connectivity index (χ3n) is 5.76. The standard InChI is InChI=1S/C27H35N3O5/c1-16-8-7-9-17(2)22(16)29-24(32)23(19-10-14-21(31)15-11-19)30(20-12-13-20)25(33)18(3)28-26(34)35-27(4,5)6/h7-11,14-15,18,20,23,31H,12-13H2,1-6H3,(H,28,34)(H,29,32). The van der Waals surface area contributed by atoms with Gasteiger partial charge in [0.15, 0.2) is 0 Å². The Balaban J connectivity index is 1.93. The molecule has 0 heterocycles. The molecule has 2 unspecified atom stereocenters. The number of phenolic OH excluding ortho intramolecular Hbond substituents is 1. The van der Waals surface area contributed by atoms with Crippen LogP contribution in [-0.4, -0.2) is 45.6 Å². The Labute approximate surface area is 206 Å². The van der Waals surface area contributed by atoms with Gasteiger partial charge in [0, 0.05) is 11.7 Å². The van der Waals surface area contributed by atoms with Crippen LogP contribution in [0.3, 0.4) is 0 Å². The van der Waals surface area contributed by atoms with E-state index in [0.29, 0.717) is 11.3 Å². The first-order valence-electron chi connectivity index (χ1n) is 11.8. The van der Waals surface area contributed by atoms with E-state index in [1.165, 1.54) is 12.1 Å². The first-order chi connectivity index (χ1) is 16.4. The van der Waals surface area contributed by atoms with Crippen LogP contribution in [0.2, 0.25) is 0 Å². The molecule has 8 nitrogen and oxygen atoms in total. The largest absolute Gasteiger partial charge is 0.508 e. The van der Waals surface area contributed by atoms with E-state index < -0.39 is 23.8 Å². The van der Waals surface area contributed by atoms with Crippen LogP contribution in [0.1, 0.15) is 63.3 Å². The number of phenols is 1. The van der Waals surface area contributed by atoms with Crippen LogP contribution in [-0.2, 0) is 14.3 Å². The average molecular weight is 482 g/mol. The molecule has 0 spiro atoms. The van der Waals surface area contributed by atoms with E-state index in [4.69, 9.17) is 4.74 Å². The summed E-state index contributed by atoms with van der Waals surface area (Å²) in [6.07, 6.45) is 0.821. The van der Waals surface area contributed by atoms with E-state index in [0.717, 1.165) is 24.0 Å². The van der Waals surface area contributed by atoms with Crippen LogP contribution >= 0.6 is 0 Å². The molecule has 2 aromatic carbocycles. The van der Waals surface area contributed by atoms with E-state index in [9.17, 15) is 19.5 Å². The number of hydrogen-bond acceptors (Lipinski definition) is 5. The van der Waals surface area contributed by atoms with Gasteiger partial charge >= 0.3 is 6.09 Å². The van der Waals surface area contributed by atoms with E-state index in [1.54, 1.807) is 44.7 Å². The maximum Gasteiger partial charge on any atom is 0.408 e. The van der Waals surface area contributed by atoms with E-state index in [2.05, 4.69) is 10.6 Å². The summed E-state index contributed by atoms with van der Waals surface area (Å²) < 4.78 is 5.30. The maximum absolute atomic E-state index is 13.7. The van der Waals surface area contributed by atoms with Crippen LogP contribution in [0.5, 0.6) is 5.75 Å². The fourth-order valence-electron chi connectivity index (χ4n) is 3.94. The SMILES string of the molecule is Cc1cccc(C)c1NC(=O)C(c1ccc(O)cc1)N(C(=O)C(C)NC(=O)OC(C)(C)C)C1CC1. The van der Waals surface area contributed by atoms with Crippen molar-refractivity contribution in [2.75, 3.05) is 5.32 Å². The van der Waals surface area contributed by atoms with Crippen LogP contribution < -0.4 is 10.6 Å². The summed E-state index contributed by atoms with van der Waals surface area (Å²) in [6, 6.07) is 10.0. The summed E-state index contributed by atoms with van der Waals surface area (Å²) in [4.78, 5) is 41.2. The molecule has 8 heteroatoms. The highest BCUT2D eigenvalue weighted by Gasteiger charge is 2.43. The molecule has 0 saturated heterocycles. The second-order valence-corrected chi connectivity index (χ2v) is 10.1. The lowest BCUT2D eigenvalue weighted by molar-refractivity contribution is -0.141. The van der Waals surface area contributed by atoms with Gasteiger partial charge in [0.1, 0.15) is 23.4 Å². The topological polar surface area (TPSA) is 108 Å². The van der Waals surface area contributed by atoms with Crippen molar-refractivity contribution in [2.45, 2.75) is 78.1 Å². The molecule has 3 amide bonds. The van der Waals surface area contributed by atoms with Crippen molar-refractivity contribution in [3.8, 4) is 5.75 Å². The Morgan fingerprint density at radius 3 is 2.11 bits per heavy atom. The van der Waals surface area contributed by atoms with Crippen LogP contribution in [0.15, 0.2) is 42.5 Å². The molecule has 0 aromatic heterocycles. The van der Waals surface area contributed by atoms with Gasteiger partial charge < -0.3 is 25.4 Å². The maximum atomic E-state index is 13.7. The van der Waals surface area contributed by atoms with Crippen LogP contribution in [0.25, 0.3) is 0 Å². The molecule has 0 bridgehead atoms. The zero-order valence-electron chi connectivity index (χ0n) is 21.2. The minimum atomic E-state index is -0.947. The molecule has 2 aromatic rings. The fourth-order valence-corrected chi connectivity index (χ4v) is 3.94.